The third-order valence-corrected chi connectivity index (χ3v) is 6.01. The van der Waals surface area contributed by atoms with Crippen LogP contribution in [-0.4, -0.2) is 34.3 Å². The third kappa shape index (κ3) is 2.89. The van der Waals surface area contributed by atoms with Gasteiger partial charge in [-0.05, 0) is 56.4 Å². The van der Waals surface area contributed by atoms with E-state index >= 15 is 0 Å². The molecule has 2 aliphatic rings. The van der Waals surface area contributed by atoms with E-state index in [4.69, 9.17) is 4.98 Å². The lowest BCUT2D eigenvalue weighted by Gasteiger charge is -2.26. The molecule has 1 atom stereocenters. The molecule has 2 heterocycles. The SMILES string of the molecule is CC(CNc1c2c(nc3ccccc13)CCCC2)N1C(=O)c2ccccc2C1=O. The van der Waals surface area contributed by atoms with E-state index in [2.05, 4.69) is 11.4 Å². The monoisotopic (exact) mass is 385 g/mol. The largest absolute Gasteiger partial charge is 0.382 e. The fourth-order valence-electron chi connectivity index (χ4n) is 4.52. The second-order valence-electron chi connectivity index (χ2n) is 7.89. The summed E-state index contributed by atoms with van der Waals surface area (Å²) in [7, 11) is 0. The summed E-state index contributed by atoms with van der Waals surface area (Å²) >= 11 is 0. The van der Waals surface area contributed by atoms with E-state index < -0.39 is 0 Å². The van der Waals surface area contributed by atoms with E-state index in [-0.39, 0.29) is 17.9 Å². The van der Waals surface area contributed by atoms with Crippen molar-refractivity contribution < 1.29 is 9.59 Å². The van der Waals surface area contributed by atoms with Gasteiger partial charge in [-0.2, -0.15) is 0 Å². The number of nitrogens with zero attached hydrogens (tertiary/aromatic N) is 2. The summed E-state index contributed by atoms with van der Waals surface area (Å²) in [5, 5.41) is 4.67. The molecule has 2 aromatic carbocycles. The number of imide groups is 1. The summed E-state index contributed by atoms with van der Waals surface area (Å²) < 4.78 is 0. The van der Waals surface area contributed by atoms with Gasteiger partial charge in [0.25, 0.3) is 11.8 Å². The predicted octanol–water partition coefficient (Wildman–Crippen LogP) is 4.21. The lowest BCUT2D eigenvalue weighted by molar-refractivity contribution is 0.0605. The number of amides is 2. The minimum Gasteiger partial charge on any atom is -0.382 e. The van der Waals surface area contributed by atoms with Gasteiger partial charge in [0.1, 0.15) is 0 Å². The molecular formula is C24H23N3O2. The first-order valence-electron chi connectivity index (χ1n) is 10.3. The van der Waals surface area contributed by atoms with E-state index in [9.17, 15) is 9.59 Å². The number of aryl methyl sites for hydroxylation is 1. The van der Waals surface area contributed by atoms with Crippen molar-refractivity contribution in [2.75, 3.05) is 11.9 Å². The van der Waals surface area contributed by atoms with Crippen LogP contribution in [0.5, 0.6) is 0 Å². The van der Waals surface area contributed by atoms with Crippen LogP contribution in [-0.2, 0) is 12.8 Å². The predicted molar refractivity (Wildman–Crippen MR) is 113 cm³/mol. The van der Waals surface area contributed by atoms with Crippen molar-refractivity contribution in [3.8, 4) is 0 Å². The molecule has 0 fully saturated rings. The molecule has 1 N–H and O–H groups in total. The topological polar surface area (TPSA) is 62.3 Å². The number of rotatable bonds is 4. The molecule has 29 heavy (non-hydrogen) atoms. The Morgan fingerprint density at radius 3 is 2.38 bits per heavy atom. The summed E-state index contributed by atoms with van der Waals surface area (Å²) in [4.78, 5) is 31.8. The number of hydrogen-bond donors (Lipinski definition) is 1. The second kappa shape index (κ2) is 6.99. The molecule has 2 amide bonds. The highest BCUT2D eigenvalue weighted by Crippen LogP contribution is 2.33. The fourth-order valence-corrected chi connectivity index (χ4v) is 4.52. The van der Waals surface area contributed by atoms with Gasteiger partial charge in [-0.1, -0.05) is 30.3 Å². The van der Waals surface area contributed by atoms with Crippen LogP contribution in [0.4, 0.5) is 5.69 Å². The number of fused-ring (bicyclic) bond motifs is 3. The molecule has 0 saturated carbocycles. The normalized spacial score (nSPS) is 16.7. The maximum atomic E-state index is 12.8. The Labute approximate surface area is 169 Å². The van der Waals surface area contributed by atoms with Crippen molar-refractivity contribution in [3.05, 3.63) is 70.9 Å². The molecule has 0 saturated heterocycles. The van der Waals surface area contributed by atoms with Gasteiger partial charge in [0.05, 0.1) is 22.7 Å². The maximum absolute atomic E-state index is 12.8. The summed E-state index contributed by atoms with van der Waals surface area (Å²) in [5.74, 6) is -0.414. The first kappa shape index (κ1) is 17.9. The van der Waals surface area contributed by atoms with Gasteiger partial charge >= 0.3 is 0 Å². The Kier molecular flexibility index (Phi) is 4.31. The maximum Gasteiger partial charge on any atom is 0.261 e. The van der Waals surface area contributed by atoms with Gasteiger partial charge < -0.3 is 5.32 Å². The van der Waals surface area contributed by atoms with Crippen LogP contribution in [0.15, 0.2) is 48.5 Å². The molecule has 0 spiro atoms. The average molecular weight is 385 g/mol. The zero-order chi connectivity index (χ0) is 20.0. The van der Waals surface area contributed by atoms with Gasteiger partial charge in [0, 0.05) is 23.3 Å². The minimum atomic E-state index is -0.256. The minimum absolute atomic E-state index is 0.207. The van der Waals surface area contributed by atoms with E-state index in [1.54, 1.807) is 24.3 Å². The fraction of sp³-hybridized carbons (Fsp3) is 0.292. The van der Waals surface area contributed by atoms with Crippen LogP contribution < -0.4 is 5.32 Å². The van der Waals surface area contributed by atoms with E-state index in [1.165, 1.54) is 22.6 Å². The zero-order valence-electron chi connectivity index (χ0n) is 16.4. The number of para-hydroxylation sites is 1. The lowest BCUT2D eigenvalue weighted by atomic mass is 9.92. The highest BCUT2D eigenvalue weighted by Gasteiger charge is 2.38. The van der Waals surface area contributed by atoms with Crippen molar-refractivity contribution >= 4 is 28.4 Å². The number of hydrogen-bond acceptors (Lipinski definition) is 4. The van der Waals surface area contributed by atoms with E-state index in [0.29, 0.717) is 17.7 Å². The number of anilines is 1. The average Bonchev–Trinajstić information content (AvgIpc) is 3.01. The van der Waals surface area contributed by atoms with Crippen LogP contribution in [0.2, 0.25) is 0 Å². The van der Waals surface area contributed by atoms with Crippen molar-refractivity contribution in [1.29, 1.82) is 0 Å². The molecule has 146 valence electrons. The molecule has 3 aromatic rings. The van der Waals surface area contributed by atoms with Crippen LogP contribution in [0.3, 0.4) is 0 Å². The van der Waals surface area contributed by atoms with Crippen LogP contribution in [0, 0.1) is 0 Å². The number of benzene rings is 2. The molecule has 1 unspecified atom stereocenters. The Hall–Kier alpha value is -3.21. The molecule has 0 bridgehead atoms. The van der Waals surface area contributed by atoms with Gasteiger partial charge in [0.15, 0.2) is 0 Å². The number of carbonyl (C=O) groups excluding carboxylic acids is 2. The highest BCUT2D eigenvalue weighted by atomic mass is 16.2. The Bertz CT molecular complexity index is 1100. The Morgan fingerprint density at radius 1 is 0.966 bits per heavy atom. The molecule has 1 aliphatic carbocycles. The number of nitrogens with one attached hydrogen (secondary N) is 1. The zero-order valence-corrected chi connectivity index (χ0v) is 16.4. The van der Waals surface area contributed by atoms with Crippen molar-refractivity contribution in [1.82, 2.24) is 9.88 Å². The molecule has 5 rings (SSSR count). The smallest absolute Gasteiger partial charge is 0.261 e. The highest BCUT2D eigenvalue weighted by molar-refractivity contribution is 6.21. The summed E-state index contributed by atoms with van der Waals surface area (Å²) in [6, 6.07) is 15.0. The standard InChI is InChI=1S/C24H23N3O2/c1-15(27-23(28)16-8-2-3-9-17(16)24(27)29)14-25-22-18-10-4-6-12-20(18)26-21-13-7-5-11-19(21)22/h2-4,6,8-10,12,15H,5,7,11,13-14H2,1H3,(H,25,26). The van der Waals surface area contributed by atoms with Gasteiger partial charge in [-0.15, -0.1) is 0 Å². The molecule has 5 nitrogen and oxygen atoms in total. The van der Waals surface area contributed by atoms with Crippen molar-refractivity contribution in [2.45, 2.75) is 38.6 Å². The number of pyridine rings is 1. The molecule has 1 aliphatic heterocycles. The van der Waals surface area contributed by atoms with Gasteiger partial charge in [0.2, 0.25) is 0 Å². The summed E-state index contributed by atoms with van der Waals surface area (Å²) in [6.07, 6.45) is 4.35. The Balaban J connectivity index is 1.44. The third-order valence-electron chi connectivity index (χ3n) is 6.01. The molecule has 0 radical (unpaired) electrons. The van der Waals surface area contributed by atoms with E-state index in [0.717, 1.165) is 35.9 Å². The van der Waals surface area contributed by atoms with Crippen molar-refractivity contribution in [3.63, 3.8) is 0 Å². The van der Waals surface area contributed by atoms with Gasteiger partial charge in [-0.3, -0.25) is 19.5 Å². The quantitative estimate of drug-likeness (QED) is 0.684. The summed E-state index contributed by atoms with van der Waals surface area (Å²) in [5.41, 5.74) is 5.54. The molecular weight excluding hydrogens is 362 g/mol. The second-order valence-corrected chi connectivity index (χ2v) is 7.89. The van der Waals surface area contributed by atoms with E-state index in [1.807, 2.05) is 25.1 Å². The lowest BCUT2D eigenvalue weighted by Crippen LogP contribution is -2.42. The van der Waals surface area contributed by atoms with Crippen LogP contribution in [0.25, 0.3) is 10.9 Å². The summed E-state index contributed by atoms with van der Waals surface area (Å²) in [6.45, 7) is 2.43. The van der Waals surface area contributed by atoms with Gasteiger partial charge in [-0.25, -0.2) is 0 Å². The number of carbonyl (C=O) groups is 2. The van der Waals surface area contributed by atoms with Crippen LogP contribution in [0.1, 0.15) is 51.7 Å². The Morgan fingerprint density at radius 2 is 1.62 bits per heavy atom. The first-order valence-corrected chi connectivity index (χ1v) is 10.3. The molecule has 1 aromatic heterocycles. The first-order chi connectivity index (χ1) is 14.1. The van der Waals surface area contributed by atoms with Crippen molar-refractivity contribution in [2.24, 2.45) is 0 Å². The molecule has 5 heteroatoms. The van der Waals surface area contributed by atoms with Crippen LogP contribution >= 0.6 is 0 Å². The number of aromatic nitrogens is 1.